The third-order valence-corrected chi connectivity index (χ3v) is 5.34. The number of hydrogen-bond acceptors (Lipinski definition) is 6. The number of nitrogens with zero attached hydrogens (tertiary/aromatic N) is 3. The predicted octanol–water partition coefficient (Wildman–Crippen LogP) is 0.938. The quantitative estimate of drug-likeness (QED) is 0.765. The Morgan fingerprint density at radius 3 is 2.95 bits per heavy atom. The van der Waals surface area contributed by atoms with E-state index in [4.69, 9.17) is 0 Å². The molecule has 0 saturated carbocycles. The van der Waals surface area contributed by atoms with Crippen molar-refractivity contribution in [3.05, 3.63) is 57.7 Å². The molecule has 7 nitrogen and oxygen atoms in total. The molecular formula is C13H12N4O3S2. The van der Waals surface area contributed by atoms with Gasteiger partial charge in [0.15, 0.2) is 9.86 Å². The average Bonchev–Trinajstić information content (AvgIpc) is 2.94. The maximum atomic E-state index is 12.4. The summed E-state index contributed by atoms with van der Waals surface area (Å²) >= 11 is 1.27. The van der Waals surface area contributed by atoms with Crippen molar-refractivity contribution in [2.24, 2.45) is 0 Å². The molecule has 0 spiro atoms. The Bertz CT molecular complexity index is 977. The highest BCUT2D eigenvalue weighted by Gasteiger charge is 2.23. The molecule has 1 N–H and O–H groups in total. The smallest absolute Gasteiger partial charge is 0.267 e. The molecule has 0 amide bonds. The van der Waals surface area contributed by atoms with Gasteiger partial charge in [-0.3, -0.25) is 14.2 Å². The van der Waals surface area contributed by atoms with E-state index < -0.39 is 15.6 Å². The number of rotatable bonds is 4. The van der Waals surface area contributed by atoms with Crippen molar-refractivity contribution in [2.45, 2.75) is 18.4 Å². The van der Waals surface area contributed by atoms with E-state index in [9.17, 15) is 13.2 Å². The number of fused-ring (bicyclic) bond motifs is 1. The molecule has 3 rings (SSSR count). The first-order valence-corrected chi connectivity index (χ1v) is 8.70. The van der Waals surface area contributed by atoms with Gasteiger partial charge in [-0.15, -0.1) is 11.3 Å². The summed E-state index contributed by atoms with van der Waals surface area (Å²) in [6.07, 6.45) is 4.67. The Morgan fingerprint density at radius 1 is 1.41 bits per heavy atom. The predicted molar refractivity (Wildman–Crippen MR) is 82.3 cm³/mol. The van der Waals surface area contributed by atoms with Crippen molar-refractivity contribution < 1.29 is 8.42 Å². The monoisotopic (exact) mass is 336 g/mol. The van der Waals surface area contributed by atoms with Crippen LogP contribution in [0.25, 0.3) is 4.96 Å². The highest BCUT2D eigenvalue weighted by molar-refractivity contribution is 7.89. The molecule has 3 heterocycles. The number of sulfonamides is 1. The number of pyridine rings is 1. The lowest BCUT2D eigenvalue weighted by Crippen LogP contribution is -2.32. The fourth-order valence-corrected chi connectivity index (χ4v) is 4.04. The van der Waals surface area contributed by atoms with E-state index >= 15 is 0 Å². The molecular weight excluding hydrogens is 324 g/mol. The second-order valence-electron chi connectivity index (χ2n) is 4.57. The lowest BCUT2D eigenvalue weighted by Gasteiger charge is -2.08. The van der Waals surface area contributed by atoms with Gasteiger partial charge in [-0.1, -0.05) is 6.07 Å². The largest absolute Gasteiger partial charge is 0.279 e. The number of nitrogens with one attached hydrogen (secondary N) is 1. The van der Waals surface area contributed by atoms with Crippen LogP contribution in [-0.4, -0.2) is 22.8 Å². The molecule has 0 saturated heterocycles. The fraction of sp³-hybridized carbons (Fsp3) is 0.154. The molecule has 3 aromatic heterocycles. The van der Waals surface area contributed by atoms with E-state index in [0.717, 1.165) is 0 Å². The van der Waals surface area contributed by atoms with Crippen molar-refractivity contribution >= 4 is 26.3 Å². The number of aromatic nitrogens is 3. The van der Waals surface area contributed by atoms with Crippen LogP contribution in [0.5, 0.6) is 0 Å². The molecule has 0 aliphatic heterocycles. The van der Waals surface area contributed by atoms with Crippen LogP contribution in [-0.2, 0) is 16.6 Å². The van der Waals surface area contributed by atoms with E-state index in [1.165, 1.54) is 28.9 Å². The third kappa shape index (κ3) is 2.65. The molecule has 0 fully saturated rings. The van der Waals surface area contributed by atoms with Crippen LogP contribution in [0, 0.1) is 6.92 Å². The van der Waals surface area contributed by atoms with Crippen molar-refractivity contribution in [2.75, 3.05) is 0 Å². The van der Waals surface area contributed by atoms with Crippen LogP contribution < -0.4 is 10.3 Å². The third-order valence-electron chi connectivity index (χ3n) is 3.05. The van der Waals surface area contributed by atoms with Gasteiger partial charge < -0.3 is 0 Å². The number of thiazole rings is 1. The summed E-state index contributed by atoms with van der Waals surface area (Å²) in [6.45, 7) is 1.57. The van der Waals surface area contributed by atoms with Crippen molar-refractivity contribution in [1.82, 2.24) is 19.1 Å². The topological polar surface area (TPSA) is 93.4 Å². The van der Waals surface area contributed by atoms with Crippen LogP contribution in [0.15, 0.2) is 45.8 Å². The van der Waals surface area contributed by atoms with Crippen LogP contribution >= 0.6 is 11.3 Å². The summed E-state index contributed by atoms with van der Waals surface area (Å²) in [5.41, 5.74) is 0.293. The Morgan fingerprint density at radius 2 is 2.23 bits per heavy atom. The zero-order valence-electron chi connectivity index (χ0n) is 11.6. The van der Waals surface area contributed by atoms with Gasteiger partial charge in [-0.05, 0) is 18.6 Å². The van der Waals surface area contributed by atoms with Crippen molar-refractivity contribution in [3.63, 3.8) is 0 Å². The maximum Gasteiger partial charge on any atom is 0.279 e. The minimum atomic E-state index is -3.96. The van der Waals surface area contributed by atoms with Gasteiger partial charge in [-0.25, -0.2) is 18.1 Å². The Kier molecular flexibility index (Phi) is 3.77. The van der Waals surface area contributed by atoms with Crippen LogP contribution in [0.4, 0.5) is 0 Å². The lowest BCUT2D eigenvalue weighted by molar-refractivity contribution is 0.578. The van der Waals surface area contributed by atoms with E-state index in [1.54, 1.807) is 29.9 Å². The molecule has 0 aliphatic carbocycles. The minimum absolute atomic E-state index is 0.0569. The molecule has 22 heavy (non-hydrogen) atoms. The summed E-state index contributed by atoms with van der Waals surface area (Å²) in [7, 11) is -3.96. The zero-order chi connectivity index (χ0) is 15.7. The first kappa shape index (κ1) is 14.8. The Hall–Kier alpha value is -2.10. The van der Waals surface area contributed by atoms with E-state index in [2.05, 4.69) is 14.7 Å². The molecule has 3 aromatic rings. The first-order chi connectivity index (χ1) is 10.5. The summed E-state index contributed by atoms with van der Waals surface area (Å²) in [5.74, 6) is 0. The maximum absolute atomic E-state index is 12.4. The zero-order valence-corrected chi connectivity index (χ0v) is 13.2. The van der Waals surface area contributed by atoms with Crippen molar-refractivity contribution in [1.29, 1.82) is 0 Å². The lowest BCUT2D eigenvalue weighted by atomic mass is 10.3. The van der Waals surface area contributed by atoms with E-state index in [-0.39, 0.29) is 17.1 Å². The highest BCUT2D eigenvalue weighted by atomic mass is 32.2. The molecule has 0 unspecified atom stereocenters. The summed E-state index contributed by atoms with van der Waals surface area (Å²) < 4.78 is 28.5. The second-order valence-corrected chi connectivity index (χ2v) is 7.15. The molecule has 0 atom stereocenters. The molecule has 0 aromatic carbocycles. The highest BCUT2D eigenvalue weighted by Crippen LogP contribution is 2.13. The molecule has 0 bridgehead atoms. The van der Waals surface area contributed by atoms with Crippen molar-refractivity contribution in [3.8, 4) is 0 Å². The first-order valence-electron chi connectivity index (χ1n) is 6.34. The second kappa shape index (κ2) is 5.59. The SMILES string of the molecule is Cc1nc2sccn2c(=O)c1S(=O)(=O)NCc1cccnc1. The fourth-order valence-electron chi connectivity index (χ4n) is 2.03. The number of hydrogen-bond donors (Lipinski definition) is 1. The van der Waals surface area contributed by atoms with Gasteiger partial charge in [0.05, 0.1) is 5.69 Å². The standard InChI is InChI=1S/C13H12N4O3S2/c1-9-11(12(18)17-5-6-21-13(17)16-9)22(19,20)15-8-10-3-2-4-14-7-10/h2-7,15H,8H2,1H3. The summed E-state index contributed by atoms with van der Waals surface area (Å²) in [5, 5.41) is 1.68. The Balaban J connectivity index is 2.00. The van der Waals surface area contributed by atoms with Gasteiger partial charge >= 0.3 is 0 Å². The molecule has 0 aliphatic rings. The van der Waals surface area contributed by atoms with Crippen LogP contribution in [0.2, 0.25) is 0 Å². The van der Waals surface area contributed by atoms with Gasteiger partial charge in [-0.2, -0.15) is 0 Å². The van der Waals surface area contributed by atoms with Gasteiger partial charge in [0.1, 0.15) is 0 Å². The summed E-state index contributed by atoms with van der Waals surface area (Å²) in [4.78, 5) is 20.6. The minimum Gasteiger partial charge on any atom is -0.267 e. The van der Waals surface area contributed by atoms with Gasteiger partial charge in [0, 0.05) is 30.5 Å². The van der Waals surface area contributed by atoms with Gasteiger partial charge in [0.2, 0.25) is 10.0 Å². The van der Waals surface area contributed by atoms with Crippen LogP contribution in [0.3, 0.4) is 0 Å². The van der Waals surface area contributed by atoms with Gasteiger partial charge in [0.25, 0.3) is 5.56 Å². The molecule has 0 radical (unpaired) electrons. The molecule has 114 valence electrons. The molecule has 9 heteroatoms. The summed E-state index contributed by atoms with van der Waals surface area (Å²) in [6, 6.07) is 3.46. The van der Waals surface area contributed by atoms with Crippen LogP contribution in [0.1, 0.15) is 11.3 Å². The van der Waals surface area contributed by atoms with E-state index in [1.807, 2.05) is 0 Å². The number of aryl methyl sites for hydroxylation is 1. The Labute approximate surface area is 130 Å². The normalized spacial score (nSPS) is 11.9. The van der Waals surface area contributed by atoms with E-state index in [0.29, 0.717) is 10.5 Å². The average molecular weight is 336 g/mol.